The van der Waals surface area contributed by atoms with Crippen LogP contribution in [-0.2, 0) is 0 Å². The van der Waals surface area contributed by atoms with Gasteiger partial charge in [-0.2, -0.15) is 0 Å². The smallest absolute Gasteiger partial charge is 0.145 e. The molecule has 3 unspecified atom stereocenters. The normalized spacial score (nSPS) is 33.0. The molecule has 2 fully saturated rings. The Morgan fingerprint density at radius 2 is 1.90 bits per heavy atom. The summed E-state index contributed by atoms with van der Waals surface area (Å²) < 4.78 is 10.8. The van der Waals surface area contributed by atoms with Gasteiger partial charge >= 0.3 is 0 Å². The van der Waals surface area contributed by atoms with E-state index >= 15 is 0 Å². The minimum atomic E-state index is 0.364. The lowest BCUT2D eigenvalue weighted by molar-refractivity contribution is 0.142. The van der Waals surface area contributed by atoms with Crippen molar-refractivity contribution in [2.45, 2.75) is 46.1 Å². The summed E-state index contributed by atoms with van der Waals surface area (Å²) >= 11 is 0. The first-order valence-electron chi connectivity index (χ1n) is 7.91. The van der Waals surface area contributed by atoms with Crippen molar-refractivity contribution in [3.63, 3.8) is 0 Å². The van der Waals surface area contributed by atoms with Crippen LogP contribution in [-0.4, -0.2) is 20.3 Å². The molecule has 1 aromatic carbocycles. The predicted octanol–water partition coefficient (Wildman–Crippen LogP) is 4.33. The summed E-state index contributed by atoms with van der Waals surface area (Å²) in [5.41, 5.74) is 1.86. The zero-order chi connectivity index (χ0) is 15.3. The molecule has 21 heavy (non-hydrogen) atoms. The highest BCUT2D eigenvalue weighted by Gasteiger charge is 2.61. The van der Waals surface area contributed by atoms with E-state index in [-0.39, 0.29) is 0 Å². The van der Waals surface area contributed by atoms with Gasteiger partial charge in [0, 0.05) is 12.1 Å². The number of fused-ring (bicyclic) bond motifs is 2. The Hall–Kier alpha value is -1.38. The van der Waals surface area contributed by atoms with E-state index in [9.17, 15) is 0 Å². The third kappa shape index (κ3) is 2.01. The second-order valence-electron chi connectivity index (χ2n) is 7.37. The Bertz CT molecular complexity index is 540. The van der Waals surface area contributed by atoms with E-state index in [4.69, 9.17) is 9.47 Å². The van der Waals surface area contributed by atoms with Crippen LogP contribution in [0.3, 0.4) is 0 Å². The number of nitrogens with one attached hydrogen (secondary N) is 1. The lowest BCUT2D eigenvalue weighted by Crippen LogP contribution is -2.40. The lowest BCUT2D eigenvalue weighted by Gasteiger charge is -2.40. The Morgan fingerprint density at radius 1 is 1.14 bits per heavy atom. The van der Waals surface area contributed by atoms with Crippen LogP contribution in [0.1, 0.15) is 40.0 Å². The zero-order valence-electron chi connectivity index (χ0n) is 13.8. The van der Waals surface area contributed by atoms with Gasteiger partial charge in [0.1, 0.15) is 11.5 Å². The highest BCUT2D eigenvalue weighted by molar-refractivity contribution is 5.60. The third-order valence-corrected chi connectivity index (χ3v) is 6.53. The number of benzene rings is 1. The van der Waals surface area contributed by atoms with Crippen LogP contribution in [0.5, 0.6) is 11.5 Å². The molecule has 3 rings (SSSR count). The molecule has 0 aromatic heterocycles. The average Bonchev–Trinajstić information content (AvgIpc) is 2.81. The Balaban J connectivity index is 1.85. The van der Waals surface area contributed by atoms with Crippen LogP contribution in [0, 0.1) is 16.7 Å². The molecule has 2 bridgehead atoms. The predicted molar refractivity (Wildman–Crippen MR) is 86.2 cm³/mol. The van der Waals surface area contributed by atoms with Crippen molar-refractivity contribution in [1.29, 1.82) is 0 Å². The summed E-state index contributed by atoms with van der Waals surface area (Å²) in [7, 11) is 3.40. The lowest BCUT2D eigenvalue weighted by atomic mass is 9.69. The van der Waals surface area contributed by atoms with Crippen molar-refractivity contribution in [2.24, 2.45) is 16.7 Å². The van der Waals surface area contributed by atoms with Gasteiger partial charge in [-0.15, -0.1) is 0 Å². The van der Waals surface area contributed by atoms with Crippen LogP contribution in [0.25, 0.3) is 0 Å². The summed E-state index contributed by atoms with van der Waals surface area (Å²) in [5, 5.41) is 3.76. The standard InChI is InChI=1S/C18H27NO2/c1-17(2)12-8-9-18(17,3)16(10-12)19-14-7-6-13(20-4)11-15(14)21-5/h6-7,11-12,16,19H,8-10H2,1-5H3. The fourth-order valence-corrected chi connectivity index (χ4v) is 4.53. The van der Waals surface area contributed by atoms with Crippen molar-refractivity contribution in [3.8, 4) is 11.5 Å². The minimum absolute atomic E-state index is 0.364. The highest BCUT2D eigenvalue weighted by Crippen LogP contribution is 2.66. The second kappa shape index (κ2) is 4.82. The van der Waals surface area contributed by atoms with E-state index in [1.54, 1.807) is 14.2 Å². The van der Waals surface area contributed by atoms with Gasteiger partial charge in [-0.25, -0.2) is 0 Å². The zero-order valence-corrected chi connectivity index (χ0v) is 13.8. The summed E-state index contributed by atoms with van der Waals surface area (Å²) in [6, 6.07) is 6.53. The SMILES string of the molecule is COc1ccc(NC2CC3CCC2(C)C3(C)C)c(OC)c1. The van der Waals surface area contributed by atoms with Crippen LogP contribution >= 0.6 is 0 Å². The molecule has 0 radical (unpaired) electrons. The molecule has 3 heteroatoms. The first-order chi connectivity index (χ1) is 9.92. The molecule has 0 amide bonds. The number of anilines is 1. The van der Waals surface area contributed by atoms with Crippen molar-refractivity contribution >= 4 is 5.69 Å². The first kappa shape index (κ1) is 14.6. The van der Waals surface area contributed by atoms with Crippen LogP contribution in [0.4, 0.5) is 5.69 Å². The summed E-state index contributed by atoms with van der Waals surface area (Å²) in [6.07, 6.45) is 3.96. The molecule has 3 atom stereocenters. The number of ether oxygens (including phenoxy) is 2. The topological polar surface area (TPSA) is 30.5 Å². The molecule has 0 aliphatic heterocycles. The molecule has 3 nitrogen and oxygen atoms in total. The molecular weight excluding hydrogens is 262 g/mol. The highest BCUT2D eigenvalue weighted by atomic mass is 16.5. The third-order valence-electron chi connectivity index (χ3n) is 6.53. The first-order valence-corrected chi connectivity index (χ1v) is 7.91. The Morgan fingerprint density at radius 3 is 2.43 bits per heavy atom. The van der Waals surface area contributed by atoms with Gasteiger partial charge in [-0.05, 0) is 48.1 Å². The van der Waals surface area contributed by atoms with Gasteiger partial charge in [-0.3, -0.25) is 0 Å². The van der Waals surface area contributed by atoms with E-state index in [0.29, 0.717) is 16.9 Å². The fourth-order valence-electron chi connectivity index (χ4n) is 4.53. The van der Waals surface area contributed by atoms with Crippen molar-refractivity contribution in [1.82, 2.24) is 0 Å². The molecule has 1 N–H and O–H groups in total. The number of methoxy groups -OCH3 is 2. The molecular formula is C18H27NO2. The quantitative estimate of drug-likeness (QED) is 0.895. The maximum Gasteiger partial charge on any atom is 0.145 e. The van der Waals surface area contributed by atoms with Crippen LogP contribution in [0.2, 0.25) is 0 Å². The van der Waals surface area contributed by atoms with Gasteiger partial charge in [0.2, 0.25) is 0 Å². The number of hydrogen-bond donors (Lipinski definition) is 1. The molecule has 2 aliphatic carbocycles. The van der Waals surface area contributed by atoms with E-state index in [1.807, 2.05) is 12.1 Å². The largest absolute Gasteiger partial charge is 0.497 e. The number of hydrogen-bond acceptors (Lipinski definition) is 3. The molecule has 0 heterocycles. The van der Waals surface area contributed by atoms with Gasteiger partial charge in [0.25, 0.3) is 0 Å². The monoisotopic (exact) mass is 289 g/mol. The van der Waals surface area contributed by atoms with Crippen molar-refractivity contribution in [2.75, 3.05) is 19.5 Å². The second-order valence-corrected chi connectivity index (χ2v) is 7.37. The molecule has 1 aromatic rings. The summed E-state index contributed by atoms with van der Waals surface area (Å²) in [6.45, 7) is 7.34. The van der Waals surface area contributed by atoms with E-state index in [2.05, 4.69) is 32.2 Å². The summed E-state index contributed by atoms with van der Waals surface area (Å²) in [4.78, 5) is 0. The van der Waals surface area contributed by atoms with Gasteiger partial charge in [0.15, 0.2) is 0 Å². The molecule has 2 aliphatic rings. The van der Waals surface area contributed by atoms with E-state index in [0.717, 1.165) is 23.1 Å². The minimum Gasteiger partial charge on any atom is -0.497 e. The fraction of sp³-hybridized carbons (Fsp3) is 0.667. The Kier molecular flexibility index (Phi) is 3.34. The molecule has 0 saturated heterocycles. The Labute approximate surface area is 128 Å². The average molecular weight is 289 g/mol. The van der Waals surface area contributed by atoms with E-state index < -0.39 is 0 Å². The van der Waals surface area contributed by atoms with Crippen molar-refractivity contribution in [3.05, 3.63) is 18.2 Å². The number of rotatable bonds is 4. The van der Waals surface area contributed by atoms with Crippen LogP contribution in [0.15, 0.2) is 18.2 Å². The van der Waals surface area contributed by atoms with Gasteiger partial charge in [-0.1, -0.05) is 20.8 Å². The van der Waals surface area contributed by atoms with Gasteiger partial charge in [0.05, 0.1) is 19.9 Å². The maximum atomic E-state index is 5.52. The molecule has 0 spiro atoms. The maximum absolute atomic E-state index is 5.52. The van der Waals surface area contributed by atoms with E-state index in [1.165, 1.54) is 19.3 Å². The molecule has 116 valence electrons. The summed E-state index contributed by atoms with van der Waals surface area (Å²) in [5.74, 6) is 2.53. The van der Waals surface area contributed by atoms with Crippen molar-refractivity contribution < 1.29 is 9.47 Å². The van der Waals surface area contributed by atoms with Crippen LogP contribution < -0.4 is 14.8 Å². The van der Waals surface area contributed by atoms with Gasteiger partial charge < -0.3 is 14.8 Å². The molecule has 2 saturated carbocycles.